The minimum Gasteiger partial charge on any atom is -0.299 e. The largest absolute Gasteiger partial charge is 0.299 e. The Morgan fingerprint density at radius 2 is 2.00 bits per heavy atom. The SMILES string of the molecule is C[C@]12CCC[C@@H]1CCCCC2=O. The zero-order chi connectivity index (χ0) is 8.60. The van der Waals surface area contributed by atoms with Crippen molar-refractivity contribution in [1.82, 2.24) is 0 Å². The van der Waals surface area contributed by atoms with Gasteiger partial charge in [0.05, 0.1) is 0 Å². The minimum absolute atomic E-state index is 0.0938. The van der Waals surface area contributed by atoms with Gasteiger partial charge in [0.15, 0.2) is 0 Å². The average Bonchev–Trinajstić information content (AvgIpc) is 2.37. The van der Waals surface area contributed by atoms with Crippen LogP contribution >= 0.6 is 0 Å². The molecule has 1 heteroatoms. The number of rotatable bonds is 0. The van der Waals surface area contributed by atoms with Crippen molar-refractivity contribution < 1.29 is 4.79 Å². The van der Waals surface area contributed by atoms with Gasteiger partial charge in [-0.05, 0) is 31.6 Å². The normalized spacial score (nSPS) is 42.4. The first-order chi connectivity index (χ1) is 5.73. The molecule has 12 heavy (non-hydrogen) atoms. The second-order valence-corrected chi connectivity index (χ2v) is 4.68. The second kappa shape index (κ2) is 2.86. The maximum atomic E-state index is 11.8. The molecule has 2 atom stereocenters. The molecule has 0 aromatic rings. The van der Waals surface area contributed by atoms with Gasteiger partial charge in [0.2, 0.25) is 0 Å². The molecule has 0 radical (unpaired) electrons. The Bertz CT molecular complexity index is 197. The third kappa shape index (κ3) is 1.10. The Labute approximate surface area is 74.5 Å². The highest BCUT2D eigenvalue weighted by atomic mass is 16.1. The lowest BCUT2D eigenvalue weighted by Crippen LogP contribution is -2.29. The van der Waals surface area contributed by atoms with Gasteiger partial charge in [-0.15, -0.1) is 0 Å². The average molecular weight is 166 g/mol. The van der Waals surface area contributed by atoms with Crippen LogP contribution in [0.15, 0.2) is 0 Å². The van der Waals surface area contributed by atoms with Gasteiger partial charge in [-0.3, -0.25) is 4.79 Å². The topological polar surface area (TPSA) is 17.1 Å². The molecule has 0 amide bonds. The van der Waals surface area contributed by atoms with Crippen LogP contribution in [0.25, 0.3) is 0 Å². The number of carbonyl (C=O) groups excluding carboxylic acids is 1. The predicted molar refractivity (Wildman–Crippen MR) is 48.9 cm³/mol. The van der Waals surface area contributed by atoms with Gasteiger partial charge in [-0.2, -0.15) is 0 Å². The molecule has 0 aromatic carbocycles. The molecule has 0 heterocycles. The summed E-state index contributed by atoms with van der Waals surface area (Å²) in [6.07, 6.45) is 8.35. The zero-order valence-corrected chi connectivity index (χ0v) is 7.94. The summed E-state index contributed by atoms with van der Waals surface area (Å²) in [5.74, 6) is 1.29. The third-order valence-corrected chi connectivity index (χ3v) is 3.99. The number of ketones is 1. The van der Waals surface area contributed by atoms with Crippen molar-refractivity contribution in [3.05, 3.63) is 0 Å². The molecule has 0 bridgehead atoms. The number of hydrogen-bond donors (Lipinski definition) is 0. The lowest BCUT2D eigenvalue weighted by molar-refractivity contribution is -0.129. The molecule has 2 fully saturated rings. The van der Waals surface area contributed by atoms with E-state index < -0.39 is 0 Å². The van der Waals surface area contributed by atoms with Crippen molar-refractivity contribution in [2.45, 2.75) is 51.9 Å². The Morgan fingerprint density at radius 1 is 1.25 bits per heavy atom. The molecule has 0 aromatic heterocycles. The van der Waals surface area contributed by atoms with Crippen molar-refractivity contribution in [1.29, 1.82) is 0 Å². The highest BCUT2D eigenvalue weighted by Crippen LogP contribution is 2.48. The molecule has 0 aliphatic heterocycles. The van der Waals surface area contributed by atoms with Crippen LogP contribution in [-0.2, 0) is 4.79 Å². The van der Waals surface area contributed by atoms with E-state index in [-0.39, 0.29) is 5.41 Å². The fourth-order valence-electron chi connectivity index (χ4n) is 3.03. The van der Waals surface area contributed by atoms with E-state index >= 15 is 0 Å². The van der Waals surface area contributed by atoms with Crippen LogP contribution in [0, 0.1) is 11.3 Å². The lowest BCUT2D eigenvalue weighted by Gasteiger charge is -2.27. The molecule has 1 nitrogen and oxygen atoms in total. The summed E-state index contributed by atoms with van der Waals surface area (Å²) in [6, 6.07) is 0. The molecular weight excluding hydrogens is 148 g/mol. The second-order valence-electron chi connectivity index (χ2n) is 4.68. The van der Waals surface area contributed by atoms with Crippen molar-refractivity contribution in [3.63, 3.8) is 0 Å². The molecule has 0 saturated heterocycles. The van der Waals surface area contributed by atoms with Gasteiger partial charge in [-0.25, -0.2) is 0 Å². The van der Waals surface area contributed by atoms with E-state index in [0.29, 0.717) is 5.78 Å². The number of Topliss-reactive ketones (excluding diaryl/α,β-unsaturated/α-hetero) is 1. The molecule has 0 N–H and O–H groups in total. The monoisotopic (exact) mass is 166 g/mol. The molecule has 2 aliphatic rings. The smallest absolute Gasteiger partial charge is 0.139 e. The fourth-order valence-corrected chi connectivity index (χ4v) is 3.03. The molecule has 2 aliphatic carbocycles. The first kappa shape index (κ1) is 8.28. The van der Waals surface area contributed by atoms with Crippen LogP contribution in [0.4, 0.5) is 0 Å². The maximum absolute atomic E-state index is 11.8. The minimum atomic E-state index is 0.0938. The quantitative estimate of drug-likeness (QED) is 0.540. The Hall–Kier alpha value is -0.330. The number of hydrogen-bond acceptors (Lipinski definition) is 1. The molecule has 0 unspecified atom stereocenters. The van der Waals surface area contributed by atoms with Gasteiger partial charge in [0.1, 0.15) is 5.78 Å². The van der Waals surface area contributed by atoms with Crippen molar-refractivity contribution >= 4 is 5.78 Å². The summed E-state index contributed by atoms with van der Waals surface area (Å²) >= 11 is 0. The van der Waals surface area contributed by atoms with E-state index in [2.05, 4.69) is 6.92 Å². The predicted octanol–water partition coefficient (Wildman–Crippen LogP) is 2.94. The standard InChI is InChI=1S/C11H18O/c1-11-8-4-6-9(11)5-2-3-7-10(11)12/h9H,2-8H2,1H3/t9-,11-/m0/s1. The van der Waals surface area contributed by atoms with E-state index in [1.54, 1.807) is 0 Å². The van der Waals surface area contributed by atoms with Gasteiger partial charge >= 0.3 is 0 Å². The van der Waals surface area contributed by atoms with Gasteiger partial charge < -0.3 is 0 Å². The summed E-state index contributed by atoms with van der Waals surface area (Å²) in [4.78, 5) is 11.8. The van der Waals surface area contributed by atoms with E-state index in [1.165, 1.54) is 25.7 Å². The Kier molecular flexibility index (Phi) is 1.97. The summed E-state index contributed by atoms with van der Waals surface area (Å²) < 4.78 is 0. The lowest BCUT2D eigenvalue weighted by atomic mass is 9.75. The summed E-state index contributed by atoms with van der Waals surface area (Å²) in [7, 11) is 0. The van der Waals surface area contributed by atoms with E-state index in [9.17, 15) is 4.79 Å². The van der Waals surface area contributed by atoms with Gasteiger partial charge in [0.25, 0.3) is 0 Å². The van der Waals surface area contributed by atoms with Gasteiger partial charge in [0, 0.05) is 11.8 Å². The maximum Gasteiger partial charge on any atom is 0.139 e. The number of fused-ring (bicyclic) bond motifs is 1. The van der Waals surface area contributed by atoms with E-state index in [1.807, 2.05) is 0 Å². The third-order valence-electron chi connectivity index (χ3n) is 3.99. The van der Waals surface area contributed by atoms with E-state index in [0.717, 1.165) is 25.2 Å². The first-order valence-electron chi connectivity index (χ1n) is 5.27. The van der Waals surface area contributed by atoms with Crippen LogP contribution in [-0.4, -0.2) is 5.78 Å². The molecule has 2 rings (SSSR count). The van der Waals surface area contributed by atoms with Gasteiger partial charge in [-0.1, -0.05) is 19.8 Å². The Balaban J connectivity index is 2.23. The van der Waals surface area contributed by atoms with Crippen LogP contribution < -0.4 is 0 Å². The highest BCUT2D eigenvalue weighted by Gasteiger charge is 2.44. The zero-order valence-electron chi connectivity index (χ0n) is 7.94. The molecule has 2 saturated carbocycles. The highest BCUT2D eigenvalue weighted by molar-refractivity contribution is 5.85. The summed E-state index contributed by atoms with van der Waals surface area (Å²) in [5, 5.41) is 0. The molecular formula is C11H18O. The van der Waals surface area contributed by atoms with E-state index in [4.69, 9.17) is 0 Å². The molecule has 68 valence electrons. The van der Waals surface area contributed by atoms with Crippen LogP contribution in [0.1, 0.15) is 51.9 Å². The Morgan fingerprint density at radius 3 is 2.83 bits per heavy atom. The van der Waals surface area contributed by atoms with Crippen molar-refractivity contribution in [2.24, 2.45) is 11.3 Å². The first-order valence-corrected chi connectivity index (χ1v) is 5.27. The van der Waals surface area contributed by atoms with Crippen molar-refractivity contribution in [3.8, 4) is 0 Å². The van der Waals surface area contributed by atoms with Crippen LogP contribution in [0.5, 0.6) is 0 Å². The summed E-state index contributed by atoms with van der Waals surface area (Å²) in [6.45, 7) is 2.21. The fraction of sp³-hybridized carbons (Fsp3) is 0.909. The summed E-state index contributed by atoms with van der Waals surface area (Å²) in [5.41, 5.74) is 0.0938. The molecule has 0 spiro atoms. The van der Waals surface area contributed by atoms with Crippen LogP contribution in [0.3, 0.4) is 0 Å². The van der Waals surface area contributed by atoms with Crippen molar-refractivity contribution in [2.75, 3.05) is 0 Å². The number of carbonyl (C=O) groups is 1. The van der Waals surface area contributed by atoms with Crippen LogP contribution in [0.2, 0.25) is 0 Å².